The number of halogens is 2. The van der Waals surface area contributed by atoms with Crippen LogP contribution in [-0.2, 0) is 17.8 Å². The summed E-state index contributed by atoms with van der Waals surface area (Å²) in [6, 6.07) is 6.39. The average Bonchev–Trinajstić information content (AvgIpc) is 3.13. The molecule has 1 fully saturated rings. The van der Waals surface area contributed by atoms with Crippen LogP contribution in [0.15, 0.2) is 36.7 Å². The van der Waals surface area contributed by atoms with Gasteiger partial charge in [-0.25, -0.2) is 8.78 Å². The second-order valence-corrected chi connectivity index (χ2v) is 6.20. The van der Waals surface area contributed by atoms with Gasteiger partial charge in [0.05, 0.1) is 13.2 Å². The first kappa shape index (κ1) is 17.8. The molecule has 25 heavy (non-hydrogen) atoms. The summed E-state index contributed by atoms with van der Waals surface area (Å²) in [5.41, 5.74) is 1.29. The van der Waals surface area contributed by atoms with Gasteiger partial charge in [-0.15, -0.1) is 0 Å². The van der Waals surface area contributed by atoms with Crippen molar-refractivity contribution in [3.63, 3.8) is 0 Å². The Morgan fingerprint density at radius 1 is 1.20 bits per heavy atom. The van der Waals surface area contributed by atoms with Gasteiger partial charge in [0.25, 0.3) is 0 Å². The van der Waals surface area contributed by atoms with Gasteiger partial charge < -0.3 is 9.47 Å². The molecule has 0 N–H and O–H groups in total. The minimum atomic E-state index is -0.864. The first-order valence-electron chi connectivity index (χ1n) is 8.41. The molecule has 0 aliphatic carbocycles. The Bertz CT molecular complexity index is 691. The van der Waals surface area contributed by atoms with Gasteiger partial charge in [-0.05, 0) is 42.7 Å². The van der Waals surface area contributed by atoms with E-state index < -0.39 is 11.6 Å². The summed E-state index contributed by atoms with van der Waals surface area (Å²) in [4.78, 5) is 6.08. The normalized spacial score (nSPS) is 17.2. The Balaban J connectivity index is 1.82. The quantitative estimate of drug-likeness (QED) is 0.766. The largest absolute Gasteiger partial charge is 0.496 e. The van der Waals surface area contributed by atoms with Crippen molar-refractivity contribution in [2.45, 2.75) is 32.0 Å². The van der Waals surface area contributed by atoms with Crippen LogP contribution in [0, 0.1) is 11.6 Å². The number of pyridine rings is 1. The summed E-state index contributed by atoms with van der Waals surface area (Å²) in [5.74, 6) is -1.37. The molecule has 0 saturated carbocycles. The average molecular weight is 348 g/mol. The third-order valence-electron chi connectivity index (χ3n) is 4.40. The van der Waals surface area contributed by atoms with Crippen molar-refractivity contribution < 1.29 is 18.3 Å². The Hall–Kier alpha value is -2.05. The van der Waals surface area contributed by atoms with Crippen molar-refractivity contribution in [1.82, 2.24) is 9.88 Å². The fourth-order valence-corrected chi connectivity index (χ4v) is 3.14. The molecule has 2 aromatic rings. The standard InChI is InChI=1S/C19H22F2N2O2/c1-24-18-5-4-17(20)19(21)16(18)13-23(12-15-3-2-10-25-15)11-14-6-8-22-9-7-14/h4-9,15H,2-3,10-13H2,1H3. The van der Waals surface area contributed by atoms with E-state index in [1.54, 1.807) is 12.4 Å². The van der Waals surface area contributed by atoms with Crippen molar-refractivity contribution >= 4 is 0 Å². The van der Waals surface area contributed by atoms with Crippen LogP contribution in [-0.4, -0.2) is 36.2 Å². The van der Waals surface area contributed by atoms with Crippen LogP contribution in [0.25, 0.3) is 0 Å². The molecule has 3 rings (SSSR count). The zero-order valence-electron chi connectivity index (χ0n) is 14.3. The monoisotopic (exact) mass is 348 g/mol. The number of hydrogen-bond donors (Lipinski definition) is 0. The molecule has 1 aromatic heterocycles. The molecular formula is C19H22F2N2O2. The minimum absolute atomic E-state index is 0.115. The fraction of sp³-hybridized carbons (Fsp3) is 0.421. The van der Waals surface area contributed by atoms with E-state index in [-0.39, 0.29) is 18.2 Å². The van der Waals surface area contributed by atoms with Gasteiger partial charge in [0, 0.05) is 44.2 Å². The SMILES string of the molecule is COc1ccc(F)c(F)c1CN(Cc1ccncc1)CC1CCCO1. The maximum Gasteiger partial charge on any atom is 0.167 e. The molecule has 1 atom stereocenters. The van der Waals surface area contributed by atoms with E-state index in [0.29, 0.717) is 18.8 Å². The lowest BCUT2D eigenvalue weighted by Crippen LogP contribution is -2.32. The van der Waals surface area contributed by atoms with Crippen LogP contribution in [0.5, 0.6) is 5.75 Å². The van der Waals surface area contributed by atoms with Gasteiger partial charge in [-0.3, -0.25) is 9.88 Å². The lowest BCUT2D eigenvalue weighted by molar-refractivity contribution is 0.0671. The Morgan fingerprint density at radius 2 is 2.00 bits per heavy atom. The summed E-state index contributed by atoms with van der Waals surface area (Å²) in [6.07, 6.45) is 5.58. The molecule has 1 unspecified atom stereocenters. The number of methoxy groups -OCH3 is 1. The maximum absolute atomic E-state index is 14.3. The van der Waals surface area contributed by atoms with Gasteiger partial charge in [-0.2, -0.15) is 0 Å². The highest BCUT2D eigenvalue weighted by molar-refractivity contribution is 5.35. The lowest BCUT2D eigenvalue weighted by Gasteiger charge is -2.26. The van der Waals surface area contributed by atoms with Gasteiger partial charge >= 0.3 is 0 Å². The molecule has 2 heterocycles. The van der Waals surface area contributed by atoms with E-state index in [9.17, 15) is 8.78 Å². The van der Waals surface area contributed by atoms with Gasteiger partial charge in [0.1, 0.15) is 5.75 Å². The van der Waals surface area contributed by atoms with Gasteiger partial charge in [0.15, 0.2) is 11.6 Å². The van der Waals surface area contributed by atoms with Crippen molar-refractivity contribution in [2.75, 3.05) is 20.3 Å². The molecule has 0 spiro atoms. The van der Waals surface area contributed by atoms with Crippen LogP contribution >= 0.6 is 0 Å². The van der Waals surface area contributed by atoms with Crippen LogP contribution in [0.1, 0.15) is 24.0 Å². The van der Waals surface area contributed by atoms with Crippen LogP contribution in [0.4, 0.5) is 8.78 Å². The summed E-state index contributed by atoms with van der Waals surface area (Å²) < 4.78 is 39.0. The van der Waals surface area contributed by atoms with Crippen LogP contribution < -0.4 is 4.74 Å². The van der Waals surface area contributed by atoms with E-state index in [0.717, 1.165) is 31.1 Å². The highest BCUT2D eigenvalue weighted by Crippen LogP contribution is 2.26. The molecule has 1 saturated heterocycles. The van der Waals surface area contributed by atoms with Gasteiger partial charge in [0.2, 0.25) is 0 Å². The minimum Gasteiger partial charge on any atom is -0.496 e. The number of aromatic nitrogens is 1. The van der Waals surface area contributed by atoms with E-state index in [4.69, 9.17) is 9.47 Å². The molecule has 1 aromatic carbocycles. The number of nitrogens with zero attached hydrogens (tertiary/aromatic N) is 2. The topological polar surface area (TPSA) is 34.6 Å². The van der Waals surface area contributed by atoms with E-state index in [1.807, 2.05) is 12.1 Å². The number of ether oxygens (including phenoxy) is 2. The predicted molar refractivity (Wildman–Crippen MR) is 90.2 cm³/mol. The van der Waals surface area contributed by atoms with Crippen molar-refractivity contribution in [1.29, 1.82) is 0 Å². The molecule has 0 amide bonds. The fourth-order valence-electron chi connectivity index (χ4n) is 3.14. The molecule has 6 heteroatoms. The number of rotatable bonds is 7. The molecule has 4 nitrogen and oxygen atoms in total. The smallest absolute Gasteiger partial charge is 0.167 e. The van der Waals surface area contributed by atoms with Crippen molar-refractivity contribution in [2.24, 2.45) is 0 Å². The predicted octanol–water partition coefficient (Wildman–Crippen LogP) is 3.55. The Morgan fingerprint density at radius 3 is 2.68 bits per heavy atom. The molecular weight excluding hydrogens is 326 g/mol. The van der Waals surface area contributed by atoms with Crippen molar-refractivity contribution in [3.8, 4) is 5.75 Å². The molecule has 1 aliphatic heterocycles. The van der Waals surface area contributed by atoms with E-state index >= 15 is 0 Å². The first-order chi connectivity index (χ1) is 12.2. The zero-order chi connectivity index (χ0) is 17.6. The number of hydrogen-bond acceptors (Lipinski definition) is 4. The van der Waals surface area contributed by atoms with Crippen molar-refractivity contribution in [3.05, 3.63) is 59.4 Å². The first-order valence-corrected chi connectivity index (χ1v) is 8.41. The molecule has 1 aliphatic rings. The van der Waals surface area contributed by atoms with E-state index in [1.165, 1.54) is 13.2 Å². The molecule has 134 valence electrons. The zero-order valence-corrected chi connectivity index (χ0v) is 14.3. The second-order valence-electron chi connectivity index (χ2n) is 6.20. The second kappa shape index (κ2) is 8.36. The summed E-state index contributed by atoms with van der Waals surface area (Å²) in [5, 5.41) is 0. The summed E-state index contributed by atoms with van der Waals surface area (Å²) >= 11 is 0. The highest BCUT2D eigenvalue weighted by Gasteiger charge is 2.23. The van der Waals surface area contributed by atoms with Crippen LogP contribution in [0.2, 0.25) is 0 Å². The van der Waals surface area contributed by atoms with Gasteiger partial charge in [-0.1, -0.05) is 0 Å². The lowest BCUT2D eigenvalue weighted by atomic mass is 10.1. The Kier molecular flexibility index (Phi) is 5.94. The Labute approximate surface area is 146 Å². The number of benzene rings is 1. The molecule has 0 bridgehead atoms. The maximum atomic E-state index is 14.3. The van der Waals surface area contributed by atoms with Crippen LogP contribution in [0.3, 0.4) is 0 Å². The molecule has 0 radical (unpaired) electrons. The van der Waals surface area contributed by atoms with E-state index in [2.05, 4.69) is 9.88 Å². The summed E-state index contributed by atoms with van der Waals surface area (Å²) in [7, 11) is 1.46. The highest BCUT2D eigenvalue weighted by atomic mass is 19.2. The third kappa shape index (κ3) is 4.52. The third-order valence-corrected chi connectivity index (χ3v) is 4.40. The summed E-state index contributed by atoms with van der Waals surface area (Å²) in [6.45, 7) is 2.25.